The Kier molecular flexibility index (Phi) is 12.2. The molecule has 0 N–H and O–H groups in total. The number of Topliss-reactive ketones (excluding diaryl/α,β-unsaturated/α-hetero) is 1. The standard InChI is InChI=1S/C29H46O4/c1-6-11-23-15-17-27-24(18-23)19-28(26(27)7-2)29(31)21(4)12-9-10-13-25(33-20-30)16-14-22(5)32-8-3/h14-17,19-27H,6-13,18H2,1-5H3/b16-14+. The molecule has 0 fully saturated rings. The van der Waals surface area contributed by atoms with Crippen LogP contribution < -0.4 is 0 Å². The summed E-state index contributed by atoms with van der Waals surface area (Å²) in [5.74, 6) is 2.49. The van der Waals surface area contributed by atoms with Crippen molar-refractivity contribution < 1.29 is 19.1 Å². The number of ether oxygens (including phenoxy) is 2. The van der Waals surface area contributed by atoms with Crippen molar-refractivity contribution in [2.75, 3.05) is 6.61 Å². The number of carbonyl (C=O) groups excluding carboxylic acids is 2. The second-order valence-corrected chi connectivity index (χ2v) is 9.91. The number of carbonyl (C=O) groups is 2. The molecule has 7 unspecified atom stereocenters. The van der Waals surface area contributed by atoms with Crippen LogP contribution in [0.2, 0.25) is 0 Å². The first-order valence-corrected chi connectivity index (χ1v) is 13.3. The van der Waals surface area contributed by atoms with Crippen LogP contribution in [0.4, 0.5) is 0 Å². The van der Waals surface area contributed by atoms with E-state index < -0.39 is 0 Å². The van der Waals surface area contributed by atoms with Gasteiger partial charge in [0.2, 0.25) is 0 Å². The van der Waals surface area contributed by atoms with Crippen molar-refractivity contribution >= 4 is 12.3 Å². The Morgan fingerprint density at radius 2 is 1.88 bits per heavy atom. The monoisotopic (exact) mass is 458 g/mol. The first-order valence-electron chi connectivity index (χ1n) is 13.3. The summed E-state index contributed by atoms with van der Waals surface area (Å²) in [6.45, 7) is 11.7. The Morgan fingerprint density at radius 1 is 1.12 bits per heavy atom. The SMILES string of the molecule is CCCC1C=CC2C(C=C(C(=O)C(C)CCCCC(/C=C/C(C)OCC)OC=O)C2CC)C1. The van der Waals surface area contributed by atoms with Gasteiger partial charge in [-0.2, -0.15) is 0 Å². The molecule has 0 bridgehead atoms. The molecule has 0 amide bonds. The predicted molar refractivity (Wildman–Crippen MR) is 135 cm³/mol. The third-order valence-electron chi connectivity index (χ3n) is 7.40. The lowest BCUT2D eigenvalue weighted by molar-refractivity contribution is -0.131. The van der Waals surface area contributed by atoms with E-state index in [0.29, 0.717) is 42.5 Å². The maximum atomic E-state index is 13.3. The van der Waals surface area contributed by atoms with Gasteiger partial charge in [-0.05, 0) is 87.7 Å². The van der Waals surface area contributed by atoms with Gasteiger partial charge in [-0.25, -0.2) is 0 Å². The van der Waals surface area contributed by atoms with E-state index in [2.05, 4.69) is 39.0 Å². The Bertz CT molecular complexity index is 692. The minimum absolute atomic E-state index is 0.00684. The summed E-state index contributed by atoms with van der Waals surface area (Å²) in [4.78, 5) is 24.2. The quantitative estimate of drug-likeness (QED) is 0.144. The van der Waals surface area contributed by atoms with Gasteiger partial charge in [-0.3, -0.25) is 9.59 Å². The van der Waals surface area contributed by atoms with E-state index in [4.69, 9.17) is 9.47 Å². The maximum absolute atomic E-state index is 13.3. The Balaban J connectivity index is 1.85. The fourth-order valence-corrected chi connectivity index (χ4v) is 5.62. The van der Waals surface area contributed by atoms with Crippen LogP contribution in [0.25, 0.3) is 0 Å². The minimum Gasteiger partial charge on any atom is -0.460 e. The highest BCUT2D eigenvalue weighted by molar-refractivity contribution is 5.98. The molecule has 2 aliphatic rings. The molecule has 4 nitrogen and oxygen atoms in total. The molecule has 2 aliphatic carbocycles. The average Bonchev–Trinajstić information content (AvgIpc) is 3.17. The van der Waals surface area contributed by atoms with Crippen molar-refractivity contribution in [2.24, 2.45) is 29.6 Å². The molecule has 0 saturated heterocycles. The van der Waals surface area contributed by atoms with Gasteiger partial charge in [0, 0.05) is 12.5 Å². The van der Waals surface area contributed by atoms with Crippen LogP contribution >= 0.6 is 0 Å². The van der Waals surface area contributed by atoms with Crippen molar-refractivity contribution in [1.82, 2.24) is 0 Å². The third kappa shape index (κ3) is 8.24. The highest BCUT2D eigenvalue weighted by Crippen LogP contribution is 2.46. The Morgan fingerprint density at radius 3 is 2.55 bits per heavy atom. The molecule has 7 atom stereocenters. The summed E-state index contributed by atoms with van der Waals surface area (Å²) >= 11 is 0. The normalized spacial score (nSPS) is 27.1. The number of rotatable bonds is 16. The number of hydrogen-bond acceptors (Lipinski definition) is 4. The molecule has 0 spiro atoms. The molecule has 0 saturated carbocycles. The van der Waals surface area contributed by atoms with Gasteiger partial charge in [-0.1, -0.05) is 57.9 Å². The summed E-state index contributed by atoms with van der Waals surface area (Å²) in [6, 6.07) is 0. The Labute approximate surface area is 201 Å². The molecule has 0 aliphatic heterocycles. The van der Waals surface area contributed by atoms with Crippen LogP contribution in [0.1, 0.15) is 86.0 Å². The van der Waals surface area contributed by atoms with Gasteiger partial charge in [0.05, 0.1) is 6.10 Å². The number of allylic oxidation sites excluding steroid dienone is 4. The van der Waals surface area contributed by atoms with E-state index in [1.165, 1.54) is 19.3 Å². The molecule has 33 heavy (non-hydrogen) atoms. The number of ketones is 1. The fraction of sp³-hybridized carbons (Fsp3) is 0.724. The first-order chi connectivity index (χ1) is 15.9. The average molecular weight is 459 g/mol. The second kappa shape index (κ2) is 14.6. The molecule has 0 heterocycles. The van der Waals surface area contributed by atoms with E-state index in [-0.39, 0.29) is 18.1 Å². The van der Waals surface area contributed by atoms with E-state index >= 15 is 0 Å². The van der Waals surface area contributed by atoms with Crippen molar-refractivity contribution in [3.05, 3.63) is 36.0 Å². The molecular formula is C29H46O4. The molecule has 0 aromatic carbocycles. The predicted octanol–water partition coefficient (Wildman–Crippen LogP) is 6.85. The summed E-state index contributed by atoms with van der Waals surface area (Å²) in [5, 5.41) is 0. The molecule has 186 valence electrons. The third-order valence-corrected chi connectivity index (χ3v) is 7.40. The molecule has 2 rings (SSSR count). The fourth-order valence-electron chi connectivity index (χ4n) is 5.62. The zero-order valence-electron chi connectivity index (χ0n) is 21.5. The zero-order valence-corrected chi connectivity index (χ0v) is 21.5. The van der Waals surface area contributed by atoms with Crippen molar-refractivity contribution in [3.63, 3.8) is 0 Å². The summed E-state index contributed by atoms with van der Waals surface area (Å²) < 4.78 is 10.7. The van der Waals surface area contributed by atoms with Gasteiger partial charge < -0.3 is 9.47 Å². The van der Waals surface area contributed by atoms with Gasteiger partial charge in [-0.15, -0.1) is 0 Å². The van der Waals surface area contributed by atoms with Crippen molar-refractivity contribution in [2.45, 2.75) is 98.2 Å². The van der Waals surface area contributed by atoms with Crippen LogP contribution in [0, 0.1) is 29.6 Å². The first kappa shape index (κ1) is 27.6. The van der Waals surface area contributed by atoms with Crippen LogP contribution in [0.5, 0.6) is 0 Å². The highest BCUT2D eigenvalue weighted by atomic mass is 16.5. The van der Waals surface area contributed by atoms with Crippen molar-refractivity contribution in [3.8, 4) is 0 Å². The molecule has 0 aromatic rings. The van der Waals surface area contributed by atoms with Gasteiger partial charge in [0.1, 0.15) is 6.10 Å². The lowest BCUT2D eigenvalue weighted by atomic mass is 9.74. The molecule has 0 radical (unpaired) electrons. The summed E-state index contributed by atoms with van der Waals surface area (Å²) in [5.41, 5.74) is 1.09. The highest BCUT2D eigenvalue weighted by Gasteiger charge is 2.40. The lowest BCUT2D eigenvalue weighted by Crippen LogP contribution is -2.24. The zero-order chi connectivity index (χ0) is 24.2. The van der Waals surface area contributed by atoms with E-state index in [1.54, 1.807) is 0 Å². The maximum Gasteiger partial charge on any atom is 0.293 e. The summed E-state index contributed by atoms with van der Waals surface area (Å²) in [6.07, 6.45) is 19.0. The lowest BCUT2D eigenvalue weighted by Gasteiger charge is -2.30. The van der Waals surface area contributed by atoms with Crippen LogP contribution in [0.15, 0.2) is 36.0 Å². The summed E-state index contributed by atoms with van der Waals surface area (Å²) in [7, 11) is 0. The molecule has 4 heteroatoms. The number of fused-ring (bicyclic) bond motifs is 1. The van der Waals surface area contributed by atoms with Crippen molar-refractivity contribution in [1.29, 1.82) is 0 Å². The van der Waals surface area contributed by atoms with Gasteiger partial charge in [0.25, 0.3) is 6.47 Å². The largest absolute Gasteiger partial charge is 0.460 e. The number of hydrogen-bond donors (Lipinski definition) is 0. The van der Waals surface area contributed by atoms with E-state index in [0.717, 1.165) is 37.7 Å². The molecule has 0 aromatic heterocycles. The second-order valence-electron chi connectivity index (χ2n) is 9.91. The van der Waals surface area contributed by atoms with Crippen LogP contribution in [-0.2, 0) is 19.1 Å². The van der Waals surface area contributed by atoms with E-state index in [1.807, 2.05) is 26.0 Å². The molecular weight excluding hydrogens is 412 g/mol. The number of unbranched alkanes of at least 4 members (excludes halogenated alkanes) is 1. The van der Waals surface area contributed by atoms with Crippen LogP contribution in [0.3, 0.4) is 0 Å². The topological polar surface area (TPSA) is 52.6 Å². The Hall–Kier alpha value is -1.68. The minimum atomic E-state index is -0.232. The smallest absolute Gasteiger partial charge is 0.293 e. The van der Waals surface area contributed by atoms with Crippen LogP contribution in [-0.4, -0.2) is 31.1 Å². The van der Waals surface area contributed by atoms with E-state index in [9.17, 15) is 9.59 Å². The van der Waals surface area contributed by atoms with Gasteiger partial charge >= 0.3 is 0 Å². The van der Waals surface area contributed by atoms with Gasteiger partial charge in [0.15, 0.2) is 5.78 Å².